The van der Waals surface area contributed by atoms with Crippen molar-refractivity contribution in [3.8, 4) is 11.5 Å². The van der Waals surface area contributed by atoms with Crippen LogP contribution in [0.5, 0.6) is 11.5 Å². The summed E-state index contributed by atoms with van der Waals surface area (Å²) in [6, 6.07) is 13.6. The van der Waals surface area contributed by atoms with Gasteiger partial charge >= 0.3 is 0 Å². The SMILES string of the molecule is CCCOc1cc(N)cc(NCc2ccccc2OC)c1. The molecule has 2 rings (SSSR count). The highest BCUT2D eigenvalue weighted by molar-refractivity contribution is 5.59. The van der Waals surface area contributed by atoms with Crippen LogP contribution < -0.4 is 20.5 Å². The number of nitrogens with one attached hydrogen (secondary N) is 1. The van der Waals surface area contributed by atoms with E-state index in [1.54, 1.807) is 7.11 Å². The van der Waals surface area contributed by atoms with Gasteiger partial charge in [-0.3, -0.25) is 0 Å². The van der Waals surface area contributed by atoms with Crippen molar-refractivity contribution >= 4 is 11.4 Å². The summed E-state index contributed by atoms with van der Waals surface area (Å²) in [5, 5.41) is 3.35. The second kappa shape index (κ2) is 7.43. The van der Waals surface area contributed by atoms with Gasteiger partial charge in [-0.1, -0.05) is 25.1 Å². The van der Waals surface area contributed by atoms with Crippen molar-refractivity contribution in [1.29, 1.82) is 0 Å². The van der Waals surface area contributed by atoms with Crippen molar-refractivity contribution in [3.05, 3.63) is 48.0 Å². The lowest BCUT2D eigenvalue weighted by Gasteiger charge is -2.12. The second-order valence-corrected chi connectivity index (χ2v) is 4.80. The lowest BCUT2D eigenvalue weighted by Crippen LogP contribution is -2.03. The molecule has 0 heterocycles. The fourth-order valence-electron chi connectivity index (χ4n) is 2.07. The Morgan fingerprint density at radius 1 is 1.14 bits per heavy atom. The molecule has 0 aromatic heterocycles. The zero-order valence-corrected chi connectivity index (χ0v) is 12.6. The molecule has 0 bridgehead atoms. The molecule has 0 spiro atoms. The molecule has 0 unspecified atom stereocenters. The Hall–Kier alpha value is -2.36. The number of benzene rings is 2. The number of anilines is 2. The van der Waals surface area contributed by atoms with Crippen LogP contribution in [0.25, 0.3) is 0 Å². The molecule has 0 atom stereocenters. The number of nitrogen functional groups attached to an aromatic ring is 1. The first-order valence-electron chi connectivity index (χ1n) is 7.12. The second-order valence-electron chi connectivity index (χ2n) is 4.80. The van der Waals surface area contributed by atoms with Crippen LogP contribution in [0.4, 0.5) is 11.4 Å². The van der Waals surface area contributed by atoms with Gasteiger partial charge in [-0.25, -0.2) is 0 Å². The summed E-state index contributed by atoms with van der Waals surface area (Å²) in [5.41, 5.74) is 8.63. The number of rotatable bonds is 7. The topological polar surface area (TPSA) is 56.5 Å². The van der Waals surface area contributed by atoms with E-state index in [4.69, 9.17) is 15.2 Å². The van der Waals surface area contributed by atoms with Crippen LogP contribution in [0.15, 0.2) is 42.5 Å². The van der Waals surface area contributed by atoms with Gasteiger partial charge in [0.1, 0.15) is 11.5 Å². The van der Waals surface area contributed by atoms with Crippen molar-refractivity contribution in [1.82, 2.24) is 0 Å². The van der Waals surface area contributed by atoms with Gasteiger partial charge in [0.15, 0.2) is 0 Å². The van der Waals surface area contributed by atoms with Crippen LogP contribution in [-0.4, -0.2) is 13.7 Å². The van der Waals surface area contributed by atoms with Crippen LogP contribution >= 0.6 is 0 Å². The maximum Gasteiger partial charge on any atom is 0.123 e. The van der Waals surface area contributed by atoms with E-state index < -0.39 is 0 Å². The summed E-state index contributed by atoms with van der Waals surface area (Å²) in [6.45, 7) is 3.43. The quantitative estimate of drug-likeness (QED) is 0.762. The van der Waals surface area contributed by atoms with Gasteiger partial charge in [-0.05, 0) is 18.6 Å². The molecular formula is C17H22N2O2. The number of hydrogen-bond acceptors (Lipinski definition) is 4. The molecule has 0 aliphatic heterocycles. The first-order valence-corrected chi connectivity index (χ1v) is 7.12. The third-order valence-electron chi connectivity index (χ3n) is 3.08. The third kappa shape index (κ3) is 4.31. The average molecular weight is 286 g/mol. The van der Waals surface area contributed by atoms with E-state index in [-0.39, 0.29) is 0 Å². The van der Waals surface area contributed by atoms with E-state index in [0.29, 0.717) is 18.8 Å². The zero-order chi connectivity index (χ0) is 15.1. The number of hydrogen-bond donors (Lipinski definition) is 2. The van der Waals surface area contributed by atoms with Gasteiger partial charge in [0.2, 0.25) is 0 Å². The molecule has 21 heavy (non-hydrogen) atoms. The van der Waals surface area contributed by atoms with E-state index in [1.165, 1.54) is 0 Å². The van der Waals surface area contributed by atoms with Crippen molar-refractivity contribution in [2.24, 2.45) is 0 Å². The van der Waals surface area contributed by atoms with Crippen molar-refractivity contribution in [3.63, 3.8) is 0 Å². The minimum Gasteiger partial charge on any atom is -0.496 e. The van der Waals surface area contributed by atoms with Crippen LogP contribution in [0.2, 0.25) is 0 Å². The normalized spacial score (nSPS) is 10.2. The van der Waals surface area contributed by atoms with E-state index in [1.807, 2.05) is 42.5 Å². The Morgan fingerprint density at radius 3 is 2.71 bits per heavy atom. The van der Waals surface area contributed by atoms with E-state index in [2.05, 4.69) is 12.2 Å². The largest absolute Gasteiger partial charge is 0.496 e. The molecule has 3 N–H and O–H groups in total. The Labute approximate surface area is 125 Å². The van der Waals surface area contributed by atoms with Gasteiger partial charge in [0.25, 0.3) is 0 Å². The van der Waals surface area contributed by atoms with Crippen molar-refractivity contribution in [2.75, 3.05) is 24.8 Å². The maximum atomic E-state index is 5.91. The number of methoxy groups -OCH3 is 1. The predicted octanol–water partition coefficient (Wildman–Crippen LogP) is 3.68. The molecular weight excluding hydrogens is 264 g/mol. The molecule has 4 nitrogen and oxygen atoms in total. The summed E-state index contributed by atoms with van der Waals surface area (Å²) in [6.07, 6.45) is 0.971. The van der Waals surface area contributed by atoms with Crippen LogP contribution in [0.3, 0.4) is 0 Å². The molecule has 0 saturated heterocycles. The van der Waals surface area contributed by atoms with Gasteiger partial charge in [-0.2, -0.15) is 0 Å². The Balaban J connectivity index is 2.07. The molecule has 2 aromatic carbocycles. The van der Waals surface area contributed by atoms with Gasteiger partial charge < -0.3 is 20.5 Å². The minimum atomic E-state index is 0.667. The molecule has 0 saturated carbocycles. The molecule has 2 aromatic rings. The molecule has 0 amide bonds. The minimum absolute atomic E-state index is 0.667. The van der Waals surface area contributed by atoms with Gasteiger partial charge in [0.05, 0.1) is 13.7 Å². The Morgan fingerprint density at radius 2 is 1.95 bits per heavy atom. The maximum absolute atomic E-state index is 5.91. The van der Waals surface area contributed by atoms with Crippen LogP contribution in [0.1, 0.15) is 18.9 Å². The molecule has 0 radical (unpaired) electrons. The highest BCUT2D eigenvalue weighted by Crippen LogP contribution is 2.24. The first-order chi connectivity index (χ1) is 10.2. The smallest absolute Gasteiger partial charge is 0.123 e. The van der Waals surface area contributed by atoms with Gasteiger partial charge in [0, 0.05) is 35.6 Å². The highest BCUT2D eigenvalue weighted by atomic mass is 16.5. The van der Waals surface area contributed by atoms with Crippen molar-refractivity contribution in [2.45, 2.75) is 19.9 Å². The lowest BCUT2D eigenvalue weighted by atomic mass is 10.2. The standard InChI is InChI=1S/C17H22N2O2/c1-3-8-21-16-10-14(18)9-15(11-16)19-12-13-6-4-5-7-17(13)20-2/h4-7,9-11,19H,3,8,12,18H2,1-2H3. The zero-order valence-electron chi connectivity index (χ0n) is 12.6. The summed E-state index contributed by atoms with van der Waals surface area (Å²) >= 11 is 0. The van der Waals surface area contributed by atoms with Crippen LogP contribution in [-0.2, 0) is 6.54 Å². The fraction of sp³-hybridized carbons (Fsp3) is 0.294. The molecule has 4 heteroatoms. The summed E-state index contributed by atoms with van der Waals surface area (Å²) < 4.78 is 11.0. The molecule has 0 aliphatic carbocycles. The summed E-state index contributed by atoms with van der Waals surface area (Å²) in [5.74, 6) is 1.66. The van der Waals surface area contributed by atoms with E-state index in [9.17, 15) is 0 Å². The Kier molecular flexibility index (Phi) is 5.32. The predicted molar refractivity (Wildman–Crippen MR) is 87.0 cm³/mol. The summed E-state index contributed by atoms with van der Waals surface area (Å²) in [4.78, 5) is 0. The molecule has 0 aliphatic rings. The molecule has 112 valence electrons. The number of para-hydroxylation sites is 1. The molecule has 0 fully saturated rings. The number of nitrogens with two attached hydrogens (primary N) is 1. The van der Waals surface area contributed by atoms with E-state index in [0.717, 1.165) is 29.2 Å². The summed E-state index contributed by atoms with van der Waals surface area (Å²) in [7, 11) is 1.68. The lowest BCUT2D eigenvalue weighted by molar-refractivity contribution is 0.318. The third-order valence-corrected chi connectivity index (χ3v) is 3.08. The average Bonchev–Trinajstić information content (AvgIpc) is 2.50. The number of ether oxygens (including phenoxy) is 2. The highest BCUT2D eigenvalue weighted by Gasteiger charge is 2.03. The fourth-order valence-corrected chi connectivity index (χ4v) is 2.07. The van der Waals surface area contributed by atoms with Crippen LogP contribution in [0, 0.1) is 0 Å². The van der Waals surface area contributed by atoms with Gasteiger partial charge in [-0.15, -0.1) is 0 Å². The Bertz CT molecular complexity index is 585. The van der Waals surface area contributed by atoms with Crippen molar-refractivity contribution < 1.29 is 9.47 Å². The first kappa shape index (κ1) is 15.0. The van der Waals surface area contributed by atoms with E-state index >= 15 is 0 Å². The monoisotopic (exact) mass is 286 g/mol.